The lowest BCUT2D eigenvalue weighted by Crippen LogP contribution is -2.37. The third kappa shape index (κ3) is 2.23. The largest absolute Gasteiger partial charge is 0.459 e. The summed E-state index contributed by atoms with van der Waals surface area (Å²) in [4.78, 5) is 0. The highest BCUT2D eigenvalue weighted by Gasteiger charge is 2.41. The number of hydrogen-bond donors (Lipinski definition) is 2. The monoisotopic (exact) mass is 276 g/mol. The summed E-state index contributed by atoms with van der Waals surface area (Å²) < 4.78 is 19.1. The topological polar surface area (TPSA) is 51.2 Å². The van der Waals surface area contributed by atoms with Crippen LogP contribution in [0, 0.1) is 17.2 Å². The maximum atomic E-state index is 13.3. The van der Waals surface area contributed by atoms with E-state index in [2.05, 4.69) is 19.3 Å². The predicted molar refractivity (Wildman–Crippen MR) is 77.4 cm³/mol. The lowest BCUT2D eigenvalue weighted by Gasteiger charge is -2.32. The van der Waals surface area contributed by atoms with E-state index in [1.165, 1.54) is 25.0 Å². The van der Waals surface area contributed by atoms with Crippen molar-refractivity contribution in [3.63, 3.8) is 0 Å². The molecule has 1 saturated carbocycles. The van der Waals surface area contributed by atoms with Crippen LogP contribution in [0.15, 0.2) is 28.7 Å². The van der Waals surface area contributed by atoms with E-state index in [0.717, 1.165) is 17.6 Å². The number of rotatable bonds is 3. The molecular formula is C16H21FN2O. The van der Waals surface area contributed by atoms with Crippen LogP contribution in [0.3, 0.4) is 0 Å². The van der Waals surface area contributed by atoms with Gasteiger partial charge in [-0.1, -0.05) is 20.3 Å². The van der Waals surface area contributed by atoms with Crippen molar-refractivity contribution in [3.8, 4) is 0 Å². The second kappa shape index (κ2) is 4.86. The highest BCUT2D eigenvalue weighted by atomic mass is 19.1. The molecule has 0 aliphatic heterocycles. The summed E-state index contributed by atoms with van der Waals surface area (Å²) in [5.41, 5.74) is 3.85. The van der Waals surface area contributed by atoms with Crippen LogP contribution >= 0.6 is 0 Å². The molecule has 0 saturated heterocycles. The molecule has 3 nitrogen and oxygen atoms in total. The molecule has 1 aliphatic carbocycles. The van der Waals surface area contributed by atoms with E-state index in [1.807, 2.05) is 6.07 Å². The summed E-state index contributed by atoms with van der Waals surface area (Å²) >= 11 is 0. The Morgan fingerprint density at radius 2 is 2.20 bits per heavy atom. The minimum atomic E-state index is -0.247. The van der Waals surface area contributed by atoms with Crippen molar-refractivity contribution in [2.75, 3.05) is 0 Å². The summed E-state index contributed by atoms with van der Waals surface area (Å²) in [6, 6.07) is 6.46. The van der Waals surface area contributed by atoms with Gasteiger partial charge in [-0.15, -0.1) is 0 Å². The SMILES string of the molecule is CC1(C)CCCC1C(NN)c1cc2cc(F)ccc2o1. The Kier molecular flexibility index (Phi) is 3.30. The van der Waals surface area contributed by atoms with Crippen molar-refractivity contribution in [2.45, 2.75) is 39.2 Å². The molecule has 2 atom stereocenters. The van der Waals surface area contributed by atoms with Gasteiger partial charge < -0.3 is 4.42 Å². The first kappa shape index (κ1) is 13.6. The van der Waals surface area contributed by atoms with E-state index in [9.17, 15) is 4.39 Å². The Balaban J connectivity index is 1.99. The van der Waals surface area contributed by atoms with Crippen molar-refractivity contribution >= 4 is 11.0 Å². The van der Waals surface area contributed by atoms with Gasteiger partial charge in [0.05, 0.1) is 6.04 Å². The van der Waals surface area contributed by atoms with Gasteiger partial charge in [-0.25, -0.2) is 9.82 Å². The summed E-state index contributed by atoms with van der Waals surface area (Å²) in [5, 5.41) is 0.788. The molecule has 1 aromatic heterocycles. The minimum Gasteiger partial charge on any atom is -0.459 e. The van der Waals surface area contributed by atoms with Gasteiger partial charge in [0.15, 0.2) is 0 Å². The molecule has 1 heterocycles. The van der Waals surface area contributed by atoms with E-state index in [4.69, 9.17) is 10.3 Å². The van der Waals surface area contributed by atoms with Crippen LogP contribution in [0.2, 0.25) is 0 Å². The highest BCUT2D eigenvalue weighted by Crippen LogP contribution is 2.49. The van der Waals surface area contributed by atoms with Gasteiger partial charge in [-0.3, -0.25) is 5.84 Å². The number of hydrogen-bond acceptors (Lipinski definition) is 3. The quantitative estimate of drug-likeness (QED) is 0.660. The molecule has 3 N–H and O–H groups in total. The lowest BCUT2D eigenvalue weighted by atomic mass is 9.77. The zero-order valence-electron chi connectivity index (χ0n) is 11.9. The zero-order valence-corrected chi connectivity index (χ0v) is 11.9. The average molecular weight is 276 g/mol. The standard InChI is InChI=1S/C16H21FN2O/c1-16(2)7-3-4-12(16)15(19-18)14-9-10-8-11(17)5-6-13(10)20-14/h5-6,8-9,12,15,19H,3-4,7,18H2,1-2H3. The Morgan fingerprint density at radius 1 is 1.40 bits per heavy atom. The van der Waals surface area contributed by atoms with E-state index < -0.39 is 0 Å². The van der Waals surface area contributed by atoms with Crippen molar-refractivity contribution < 1.29 is 8.81 Å². The summed E-state index contributed by atoms with van der Waals surface area (Å²) in [6.07, 6.45) is 3.54. The van der Waals surface area contributed by atoms with Crippen LogP contribution in [-0.4, -0.2) is 0 Å². The fourth-order valence-electron chi connectivity index (χ4n) is 3.56. The number of nitrogens with one attached hydrogen (secondary N) is 1. The molecule has 0 amide bonds. The van der Waals surface area contributed by atoms with E-state index in [0.29, 0.717) is 11.5 Å². The molecule has 108 valence electrons. The van der Waals surface area contributed by atoms with Crippen LogP contribution in [0.4, 0.5) is 4.39 Å². The first-order chi connectivity index (χ1) is 9.51. The molecule has 2 unspecified atom stereocenters. The van der Waals surface area contributed by atoms with Gasteiger partial charge in [0, 0.05) is 5.39 Å². The van der Waals surface area contributed by atoms with Gasteiger partial charge in [0.1, 0.15) is 17.2 Å². The van der Waals surface area contributed by atoms with Crippen molar-refractivity contribution in [3.05, 3.63) is 35.8 Å². The van der Waals surface area contributed by atoms with Crippen LogP contribution in [0.25, 0.3) is 11.0 Å². The number of nitrogens with two attached hydrogens (primary N) is 1. The van der Waals surface area contributed by atoms with Crippen LogP contribution < -0.4 is 11.3 Å². The Morgan fingerprint density at radius 3 is 2.85 bits per heavy atom. The highest BCUT2D eigenvalue weighted by molar-refractivity contribution is 5.78. The molecule has 1 fully saturated rings. The van der Waals surface area contributed by atoms with Gasteiger partial charge in [-0.2, -0.15) is 0 Å². The number of hydrazine groups is 1. The molecule has 20 heavy (non-hydrogen) atoms. The first-order valence-electron chi connectivity index (χ1n) is 7.16. The normalized spacial score (nSPS) is 23.3. The smallest absolute Gasteiger partial charge is 0.134 e. The van der Waals surface area contributed by atoms with Crippen LogP contribution in [0.5, 0.6) is 0 Å². The first-order valence-corrected chi connectivity index (χ1v) is 7.16. The lowest BCUT2D eigenvalue weighted by molar-refractivity contribution is 0.183. The van der Waals surface area contributed by atoms with Gasteiger partial charge in [-0.05, 0) is 48.4 Å². The second-order valence-corrected chi connectivity index (χ2v) is 6.46. The molecule has 1 aliphatic rings. The van der Waals surface area contributed by atoms with Crippen LogP contribution in [-0.2, 0) is 0 Å². The third-order valence-corrected chi connectivity index (χ3v) is 4.73. The number of fused-ring (bicyclic) bond motifs is 1. The number of benzene rings is 1. The molecule has 2 aromatic rings. The molecule has 4 heteroatoms. The number of halogens is 1. The molecule has 3 rings (SSSR count). The fourth-order valence-corrected chi connectivity index (χ4v) is 3.56. The summed E-state index contributed by atoms with van der Waals surface area (Å²) in [5.74, 6) is 6.75. The zero-order chi connectivity index (χ0) is 14.3. The molecular weight excluding hydrogens is 255 g/mol. The fraction of sp³-hybridized carbons (Fsp3) is 0.500. The van der Waals surface area contributed by atoms with E-state index >= 15 is 0 Å². The van der Waals surface area contributed by atoms with E-state index in [1.54, 1.807) is 6.07 Å². The third-order valence-electron chi connectivity index (χ3n) is 4.73. The molecule has 0 spiro atoms. The van der Waals surface area contributed by atoms with Crippen molar-refractivity contribution in [1.29, 1.82) is 0 Å². The summed E-state index contributed by atoms with van der Waals surface area (Å²) in [7, 11) is 0. The maximum absolute atomic E-state index is 13.3. The Hall–Kier alpha value is -1.39. The van der Waals surface area contributed by atoms with Crippen molar-refractivity contribution in [1.82, 2.24) is 5.43 Å². The van der Waals surface area contributed by atoms with Gasteiger partial charge in [0.2, 0.25) is 0 Å². The summed E-state index contributed by atoms with van der Waals surface area (Å²) in [6.45, 7) is 4.55. The number of furan rings is 1. The van der Waals surface area contributed by atoms with Gasteiger partial charge in [0.25, 0.3) is 0 Å². The van der Waals surface area contributed by atoms with Crippen LogP contribution in [0.1, 0.15) is 44.9 Å². The molecule has 0 bridgehead atoms. The van der Waals surface area contributed by atoms with E-state index in [-0.39, 0.29) is 17.3 Å². The second-order valence-electron chi connectivity index (χ2n) is 6.46. The maximum Gasteiger partial charge on any atom is 0.134 e. The molecule has 0 radical (unpaired) electrons. The minimum absolute atomic E-state index is 0.0250. The average Bonchev–Trinajstić information content (AvgIpc) is 2.94. The Bertz CT molecular complexity index is 620. The Labute approximate surface area is 118 Å². The predicted octanol–water partition coefficient (Wildman–Crippen LogP) is 3.90. The van der Waals surface area contributed by atoms with Gasteiger partial charge >= 0.3 is 0 Å². The molecule has 1 aromatic carbocycles. The van der Waals surface area contributed by atoms with Crippen molar-refractivity contribution in [2.24, 2.45) is 17.2 Å².